The Bertz CT molecular complexity index is 811. The number of Topliss-reactive ketones (excluding diaryl/α,β-unsaturated/α-hetero) is 1. The summed E-state index contributed by atoms with van der Waals surface area (Å²) in [6, 6.07) is 14.2. The first-order valence-electron chi connectivity index (χ1n) is 7.66. The Balaban J connectivity index is 2.34. The number of carbonyl (C=O) groups is 1. The van der Waals surface area contributed by atoms with Crippen molar-refractivity contribution in [1.82, 2.24) is 4.72 Å². The summed E-state index contributed by atoms with van der Waals surface area (Å²) < 4.78 is 27.8. The van der Waals surface area contributed by atoms with E-state index in [-0.39, 0.29) is 16.6 Å². The summed E-state index contributed by atoms with van der Waals surface area (Å²) in [5.41, 5.74) is 1.42. The van der Waals surface area contributed by atoms with Crippen molar-refractivity contribution in [2.45, 2.75) is 24.8 Å². The number of ketones is 1. The molecule has 0 aliphatic rings. The van der Waals surface area contributed by atoms with E-state index in [2.05, 4.69) is 11.3 Å². The summed E-state index contributed by atoms with van der Waals surface area (Å²) in [7, 11) is -3.80. The third-order valence-electron chi connectivity index (χ3n) is 3.85. The van der Waals surface area contributed by atoms with Crippen molar-refractivity contribution >= 4 is 15.8 Å². The minimum atomic E-state index is -3.80. The fourth-order valence-corrected chi connectivity index (χ4v) is 3.56. The van der Waals surface area contributed by atoms with Crippen molar-refractivity contribution in [3.8, 4) is 0 Å². The minimum Gasteiger partial charge on any atom is -0.292 e. The average Bonchev–Trinajstić information content (AvgIpc) is 2.59. The number of aryl methyl sites for hydroxylation is 1. The zero-order valence-corrected chi connectivity index (χ0v) is 14.6. The molecule has 0 saturated carbocycles. The van der Waals surface area contributed by atoms with Gasteiger partial charge in [-0.2, -0.15) is 4.72 Å². The fourth-order valence-electron chi connectivity index (χ4n) is 2.27. The summed E-state index contributed by atoms with van der Waals surface area (Å²) in [5.74, 6) is -0.628. The quantitative estimate of drug-likeness (QED) is 0.619. The van der Waals surface area contributed by atoms with E-state index in [1.165, 1.54) is 12.1 Å². The van der Waals surface area contributed by atoms with Gasteiger partial charge in [-0.25, -0.2) is 8.42 Å². The number of hydrogen-bond acceptors (Lipinski definition) is 3. The normalized spacial score (nSPS) is 13.9. The number of nitrogens with one attached hydrogen (secondary N) is 1. The lowest BCUT2D eigenvalue weighted by atomic mass is 9.95. The van der Waals surface area contributed by atoms with Crippen molar-refractivity contribution in [2.75, 3.05) is 0 Å². The Morgan fingerprint density at radius 1 is 1.08 bits per heavy atom. The lowest BCUT2D eigenvalue weighted by Crippen LogP contribution is -2.44. The summed E-state index contributed by atoms with van der Waals surface area (Å²) in [5, 5.41) is 0. The van der Waals surface area contributed by atoms with Gasteiger partial charge in [0.05, 0.1) is 10.9 Å². The highest BCUT2D eigenvalue weighted by molar-refractivity contribution is 7.89. The molecule has 0 radical (unpaired) electrons. The van der Waals surface area contributed by atoms with Gasteiger partial charge in [0.15, 0.2) is 5.78 Å². The van der Waals surface area contributed by atoms with Crippen LogP contribution in [-0.2, 0) is 10.0 Å². The summed E-state index contributed by atoms with van der Waals surface area (Å²) in [6.07, 6.45) is 1.57. The second-order valence-electron chi connectivity index (χ2n) is 5.74. The highest BCUT2D eigenvalue weighted by atomic mass is 32.2. The number of hydrogen-bond donors (Lipinski definition) is 1. The molecule has 24 heavy (non-hydrogen) atoms. The van der Waals surface area contributed by atoms with E-state index in [0.717, 1.165) is 5.56 Å². The Morgan fingerprint density at radius 2 is 1.67 bits per heavy atom. The lowest BCUT2D eigenvalue weighted by Gasteiger charge is -2.22. The second-order valence-corrected chi connectivity index (χ2v) is 7.45. The van der Waals surface area contributed by atoms with Crippen LogP contribution in [0, 0.1) is 12.8 Å². The van der Waals surface area contributed by atoms with E-state index in [1.54, 1.807) is 55.5 Å². The Kier molecular flexibility index (Phi) is 5.70. The van der Waals surface area contributed by atoms with Crippen LogP contribution in [0.5, 0.6) is 0 Å². The van der Waals surface area contributed by atoms with Crippen molar-refractivity contribution < 1.29 is 13.2 Å². The molecule has 0 fully saturated rings. The zero-order chi connectivity index (χ0) is 17.7. The molecular weight excluding hydrogens is 322 g/mol. The van der Waals surface area contributed by atoms with Crippen LogP contribution in [0.15, 0.2) is 72.1 Å². The number of sulfonamides is 1. The molecular formula is C19H21NO3S. The summed E-state index contributed by atoms with van der Waals surface area (Å²) in [4.78, 5) is 12.9. The molecule has 5 heteroatoms. The van der Waals surface area contributed by atoms with E-state index < -0.39 is 16.1 Å². The molecule has 0 aromatic heterocycles. The molecule has 2 atom stereocenters. The summed E-state index contributed by atoms with van der Waals surface area (Å²) >= 11 is 0. The molecule has 2 aromatic carbocycles. The molecule has 2 aromatic rings. The molecule has 2 rings (SSSR count). The van der Waals surface area contributed by atoms with E-state index >= 15 is 0 Å². The standard InChI is InChI=1S/C19H21NO3S/c1-4-15(3)18(19(21)16-8-6-5-7-9-16)20-24(22,23)17-12-10-14(2)11-13-17/h4-13,15,18,20H,1H2,2-3H3/t15-,18-/m1/s1. The van der Waals surface area contributed by atoms with Gasteiger partial charge in [-0.1, -0.05) is 61.0 Å². The molecule has 126 valence electrons. The van der Waals surface area contributed by atoms with E-state index in [1.807, 2.05) is 6.92 Å². The maximum absolute atomic E-state index is 12.7. The molecule has 0 aliphatic heterocycles. The Morgan fingerprint density at radius 3 is 2.21 bits per heavy atom. The first-order chi connectivity index (χ1) is 11.3. The molecule has 0 bridgehead atoms. The van der Waals surface area contributed by atoms with Crippen LogP contribution in [0.25, 0.3) is 0 Å². The topological polar surface area (TPSA) is 63.2 Å². The maximum Gasteiger partial charge on any atom is 0.241 e. The van der Waals surface area contributed by atoms with Crippen LogP contribution in [-0.4, -0.2) is 20.2 Å². The third kappa shape index (κ3) is 4.19. The number of benzene rings is 2. The van der Waals surface area contributed by atoms with Crippen LogP contribution >= 0.6 is 0 Å². The van der Waals surface area contributed by atoms with Gasteiger partial charge in [-0.3, -0.25) is 4.79 Å². The van der Waals surface area contributed by atoms with Gasteiger partial charge in [0.1, 0.15) is 0 Å². The lowest BCUT2D eigenvalue weighted by molar-refractivity contribution is 0.0937. The fraction of sp³-hybridized carbons (Fsp3) is 0.211. The molecule has 0 spiro atoms. The van der Waals surface area contributed by atoms with E-state index in [0.29, 0.717) is 5.56 Å². The smallest absolute Gasteiger partial charge is 0.241 e. The van der Waals surface area contributed by atoms with Crippen molar-refractivity contribution in [1.29, 1.82) is 0 Å². The monoisotopic (exact) mass is 343 g/mol. The maximum atomic E-state index is 12.7. The van der Waals surface area contributed by atoms with Gasteiger partial charge >= 0.3 is 0 Å². The van der Waals surface area contributed by atoms with Crippen molar-refractivity contribution in [2.24, 2.45) is 5.92 Å². The summed E-state index contributed by atoms with van der Waals surface area (Å²) in [6.45, 7) is 7.33. The first kappa shape index (κ1) is 18.1. The van der Waals surface area contributed by atoms with Crippen molar-refractivity contribution in [3.63, 3.8) is 0 Å². The first-order valence-corrected chi connectivity index (χ1v) is 9.14. The van der Waals surface area contributed by atoms with Gasteiger partial charge < -0.3 is 0 Å². The van der Waals surface area contributed by atoms with Gasteiger partial charge in [-0.05, 0) is 25.0 Å². The Labute approximate surface area is 143 Å². The van der Waals surface area contributed by atoms with Crippen LogP contribution < -0.4 is 4.72 Å². The molecule has 0 amide bonds. The predicted octanol–water partition coefficient (Wildman–Crippen LogP) is 3.35. The van der Waals surface area contributed by atoms with E-state index in [9.17, 15) is 13.2 Å². The van der Waals surface area contributed by atoms with Gasteiger partial charge in [0, 0.05) is 5.56 Å². The highest BCUT2D eigenvalue weighted by Gasteiger charge is 2.29. The molecule has 0 aliphatic carbocycles. The molecule has 0 unspecified atom stereocenters. The van der Waals surface area contributed by atoms with E-state index in [4.69, 9.17) is 0 Å². The third-order valence-corrected chi connectivity index (χ3v) is 5.31. The van der Waals surface area contributed by atoms with Crippen LogP contribution in [0.4, 0.5) is 0 Å². The van der Waals surface area contributed by atoms with Crippen LogP contribution in [0.3, 0.4) is 0 Å². The number of carbonyl (C=O) groups excluding carboxylic acids is 1. The molecule has 4 nitrogen and oxygen atoms in total. The number of rotatable bonds is 7. The Hall–Kier alpha value is -2.24. The van der Waals surface area contributed by atoms with Crippen molar-refractivity contribution in [3.05, 3.63) is 78.4 Å². The van der Waals surface area contributed by atoms with Crippen LogP contribution in [0.2, 0.25) is 0 Å². The predicted molar refractivity (Wildman–Crippen MR) is 95.4 cm³/mol. The molecule has 1 N–H and O–H groups in total. The van der Waals surface area contributed by atoms with Gasteiger partial charge in [-0.15, -0.1) is 6.58 Å². The van der Waals surface area contributed by atoms with Gasteiger partial charge in [0.2, 0.25) is 10.0 Å². The van der Waals surface area contributed by atoms with Crippen LogP contribution in [0.1, 0.15) is 22.8 Å². The highest BCUT2D eigenvalue weighted by Crippen LogP contribution is 2.17. The molecule has 0 heterocycles. The zero-order valence-electron chi connectivity index (χ0n) is 13.8. The molecule has 0 saturated heterocycles. The largest absolute Gasteiger partial charge is 0.292 e. The SMILES string of the molecule is C=C[C@@H](C)[C@@H](NS(=O)(=O)c1ccc(C)cc1)C(=O)c1ccccc1. The second kappa shape index (κ2) is 7.55. The average molecular weight is 343 g/mol. The minimum absolute atomic E-state index is 0.134. The van der Waals surface area contributed by atoms with Gasteiger partial charge in [0.25, 0.3) is 0 Å².